The van der Waals surface area contributed by atoms with Gasteiger partial charge in [-0.3, -0.25) is 0 Å². The summed E-state index contributed by atoms with van der Waals surface area (Å²) in [7, 11) is 0. The number of hydrogen-bond donors (Lipinski definition) is 2. The van der Waals surface area contributed by atoms with Crippen LogP contribution in [-0.4, -0.2) is 11.1 Å². The van der Waals surface area contributed by atoms with E-state index in [-0.39, 0.29) is 11.6 Å². The standard InChI is InChI=1S/C16H16ClNO2/c1-10-4-3-5-14(16(19)20)15(10)18-11(2)12-6-8-13(17)9-7-12/h3-9,11,18H,1-2H3,(H,19,20). The number of carbonyl (C=O) groups is 1. The van der Waals surface area contributed by atoms with Gasteiger partial charge in [-0.1, -0.05) is 35.9 Å². The monoisotopic (exact) mass is 289 g/mol. The van der Waals surface area contributed by atoms with Crippen LogP contribution in [0.2, 0.25) is 5.02 Å². The molecule has 0 fully saturated rings. The van der Waals surface area contributed by atoms with Crippen LogP contribution in [0.25, 0.3) is 0 Å². The maximum atomic E-state index is 11.3. The number of hydrogen-bond acceptors (Lipinski definition) is 2. The second-order valence-corrected chi connectivity index (χ2v) is 5.16. The van der Waals surface area contributed by atoms with E-state index in [0.717, 1.165) is 11.1 Å². The molecule has 2 rings (SSSR count). The second kappa shape index (κ2) is 5.97. The molecule has 0 aliphatic carbocycles. The van der Waals surface area contributed by atoms with Crippen molar-refractivity contribution in [2.45, 2.75) is 19.9 Å². The highest BCUT2D eigenvalue weighted by atomic mass is 35.5. The maximum Gasteiger partial charge on any atom is 0.337 e. The van der Waals surface area contributed by atoms with Crippen molar-refractivity contribution >= 4 is 23.3 Å². The molecule has 2 N–H and O–H groups in total. The molecule has 0 saturated heterocycles. The van der Waals surface area contributed by atoms with E-state index in [1.54, 1.807) is 12.1 Å². The molecule has 0 radical (unpaired) electrons. The van der Waals surface area contributed by atoms with Crippen molar-refractivity contribution in [3.8, 4) is 0 Å². The van der Waals surface area contributed by atoms with Gasteiger partial charge in [0.05, 0.1) is 11.3 Å². The highest BCUT2D eigenvalue weighted by Crippen LogP contribution is 2.26. The van der Waals surface area contributed by atoms with Crippen LogP contribution >= 0.6 is 11.6 Å². The third-order valence-electron chi connectivity index (χ3n) is 3.23. The topological polar surface area (TPSA) is 49.3 Å². The molecule has 3 nitrogen and oxygen atoms in total. The Morgan fingerprint density at radius 3 is 2.45 bits per heavy atom. The minimum Gasteiger partial charge on any atom is -0.478 e. The number of aromatic carboxylic acids is 1. The van der Waals surface area contributed by atoms with Gasteiger partial charge in [-0.25, -0.2) is 4.79 Å². The zero-order valence-electron chi connectivity index (χ0n) is 11.4. The van der Waals surface area contributed by atoms with E-state index in [9.17, 15) is 9.90 Å². The second-order valence-electron chi connectivity index (χ2n) is 4.72. The Bertz CT molecular complexity index is 623. The van der Waals surface area contributed by atoms with Gasteiger partial charge in [-0.2, -0.15) is 0 Å². The van der Waals surface area contributed by atoms with Gasteiger partial charge >= 0.3 is 5.97 Å². The highest BCUT2D eigenvalue weighted by molar-refractivity contribution is 6.30. The Kier molecular flexibility index (Phi) is 4.30. The Hall–Kier alpha value is -2.00. The lowest BCUT2D eigenvalue weighted by Crippen LogP contribution is -2.12. The molecular formula is C16H16ClNO2. The molecule has 0 aliphatic rings. The largest absolute Gasteiger partial charge is 0.478 e. The molecule has 1 atom stereocenters. The molecule has 0 saturated carbocycles. The minimum atomic E-state index is -0.931. The summed E-state index contributed by atoms with van der Waals surface area (Å²) in [6.07, 6.45) is 0. The predicted molar refractivity (Wildman–Crippen MR) is 81.6 cm³/mol. The van der Waals surface area contributed by atoms with E-state index in [0.29, 0.717) is 10.7 Å². The number of aryl methyl sites for hydroxylation is 1. The van der Waals surface area contributed by atoms with Crippen LogP contribution in [0, 0.1) is 6.92 Å². The lowest BCUT2D eigenvalue weighted by Gasteiger charge is -2.19. The number of halogens is 1. The van der Waals surface area contributed by atoms with Gasteiger partial charge in [0.1, 0.15) is 0 Å². The summed E-state index contributed by atoms with van der Waals surface area (Å²) in [4.78, 5) is 11.3. The van der Waals surface area contributed by atoms with E-state index >= 15 is 0 Å². The van der Waals surface area contributed by atoms with Gasteiger partial charge in [0.25, 0.3) is 0 Å². The minimum absolute atomic E-state index is 0.00790. The first kappa shape index (κ1) is 14.4. The normalized spacial score (nSPS) is 11.9. The number of carboxylic acids is 1. The summed E-state index contributed by atoms with van der Waals surface area (Å²) >= 11 is 5.87. The molecule has 0 spiro atoms. The van der Waals surface area contributed by atoms with Crippen molar-refractivity contribution in [1.29, 1.82) is 0 Å². The van der Waals surface area contributed by atoms with Gasteiger partial charge < -0.3 is 10.4 Å². The fraction of sp³-hybridized carbons (Fsp3) is 0.188. The van der Waals surface area contributed by atoms with Crippen molar-refractivity contribution in [2.75, 3.05) is 5.32 Å². The summed E-state index contributed by atoms with van der Waals surface area (Å²) in [5.74, 6) is -0.931. The molecule has 104 valence electrons. The van der Waals surface area contributed by atoms with Crippen LogP contribution in [0.1, 0.15) is 34.5 Å². The SMILES string of the molecule is Cc1cccc(C(=O)O)c1NC(C)c1ccc(Cl)cc1. The Labute approximate surface area is 123 Å². The zero-order valence-corrected chi connectivity index (χ0v) is 12.1. The van der Waals surface area contributed by atoms with Crippen LogP contribution in [0.15, 0.2) is 42.5 Å². The molecule has 2 aromatic carbocycles. The first-order valence-electron chi connectivity index (χ1n) is 6.34. The van der Waals surface area contributed by atoms with Crippen LogP contribution < -0.4 is 5.32 Å². The summed E-state index contributed by atoms with van der Waals surface area (Å²) < 4.78 is 0. The smallest absolute Gasteiger partial charge is 0.337 e. The predicted octanol–water partition coefficient (Wildman–Crippen LogP) is 4.52. The number of rotatable bonds is 4. The van der Waals surface area contributed by atoms with Gasteiger partial charge in [-0.05, 0) is 43.2 Å². The van der Waals surface area contributed by atoms with Gasteiger partial charge in [0.15, 0.2) is 0 Å². The van der Waals surface area contributed by atoms with Crippen LogP contribution in [0.5, 0.6) is 0 Å². The fourth-order valence-corrected chi connectivity index (χ4v) is 2.21. The van der Waals surface area contributed by atoms with Crippen molar-refractivity contribution in [1.82, 2.24) is 0 Å². The molecule has 2 aromatic rings. The van der Waals surface area contributed by atoms with E-state index in [4.69, 9.17) is 11.6 Å². The van der Waals surface area contributed by atoms with Gasteiger partial charge in [0, 0.05) is 11.1 Å². The molecule has 20 heavy (non-hydrogen) atoms. The Balaban J connectivity index is 2.30. The first-order chi connectivity index (χ1) is 9.49. The van der Waals surface area contributed by atoms with Gasteiger partial charge in [-0.15, -0.1) is 0 Å². The average molecular weight is 290 g/mol. The third kappa shape index (κ3) is 3.11. The van der Waals surface area contributed by atoms with Crippen molar-refractivity contribution in [3.05, 3.63) is 64.2 Å². The quantitative estimate of drug-likeness (QED) is 0.870. The van der Waals surface area contributed by atoms with Crippen LogP contribution in [-0.2, 0) is 0 Å². The van der Waals surface area contributed by atoms with E-state index < -0.39 is 5.97 Å². The average Bonchev–Trinajstić information content (AvgIpc) is 2.41. The van der Waals surface area contributed by atoms with Crippen molar-refractivity contribution < 1.29 is 9.90 Å². The molecule has 1 unspecified atom stereocenters. The summed E-state index contributed by atoms with van der Waals surface area (Å²) in [6, 6.07) is 12.7. The molecule has 4 heteroatoms. The number of nitrogens with one attached hydrogen (secondary N) is 1. The number of benzene rings is 2. The highest BCUT2D eigenvalue weighted by Gasteiger charge is 2.14. The summed E-state index contributed by atoms with van der Waals surface area (Å²) in [6.45, 7) is 3.88. The van der Waals surface area contributed by atoms with Crippen LogP contribution in [0.4, 0.5) is 5.69 Å². The molecular weight excluding hydrogens is 274 g/mol. The Morgan fingerprint density at radius 1 is 1.20 bits per heavy atom. The van der Waals surface area contributed by atoms with Crippen molar-refractivity contribution in [2.24, 2.45) is 0 Å². The van der Waals surface area contributed by atoms with E-state index in [2.05, 4.69) is 5.32 Å². The number of carboxylic acid groups (broad SMARTS) is 1. The summed E-state index contributed by atoms with van der Waals surface area (Å²) in [5.41, 5.74) is 2.90. The van der Waals surface area contributed by atoms with E-state index in [1.807, 2.05) is 44.2 Å². The number of para-hydroxylation sites is 1. The summed E-state index contributed by atoms with van der Waals surface area (Å²) in [5, 5.41) is 13.2. The lowest BCUT2D eigenvalue weighted by atomic mass is 10.0. The Morgan fingerprint density at radius 2 is 1.85 bits per heavy atom. The first-order valence-corrected chi connectivity index (χ1v) is 6.71. The maximum absolute atomic E-state index is 11.3. The zero-order chi connectivity index (χ0) is 14.7. The molecule has 0 amide bonds. The number of anilines is 1. The van der Waals surface area contributed by atoms with Crippen LogP contribution in [0.3, 0.4) is 0 Å². The lowest BCUT2D eigenvalue weighted by molar-refractivity contribution is 0.0698. The fourth-order valence-electron chi connectivity index (χ4n) is 2.09. The molecule has 0 bridgehead atoms. The van der Waals surface area contributed by atoms with Gasteiger partial charge in [0.2, 0.25) is 0 Å². The molecule has 0 aliphatic heterocycles. The van der Waals surface area contributed by atoms with E-state index in [1.165, 1.54) is 0 Å². The molecule has 0 heterocycles. The van der Waals surface area contributed by atoms with Crippen molar-refractivity contribution in [3.63, 3.8) is 0 Å². The third-order valence-corrected chi connectivity index (χ3v) is 3.49. The molecule has 0 aromatic heterocycles.